The number of ether oxygens (including phenoxy) is 2. The van der Waals surface area contributed by atoms with Gasteiger partial charge < -0.3 is 9.47 Å². The normalized spacial score (nSPS) is 24.3. The summed E-state index contributed by atoms with van der Waals surface area (Å²) in [5.74, 6) is 0.602. The Labute approximate surface area is 103 Å². The third kappa shape index (κ3) is 1.94. The van der Waals surface area contributed by atoms with E-state index >= 15 is 0 Å². The Morgan fingerprint density at radius 3 is 2.81 bits per heavy atom. The molecular formula is C12H13BrO3. The van der Waals surface area contributed by atoms with Crippen molar-refractivity contribution < 1.29 is 14.3 Å². The van der Waals surface area contributed by atoms with Crippen LogP contribution in [0.25, 0.3) is 0 Å². The van der Waals surface area contributed by atoms with E-state index in [-0.39, 0.29) is 5.97 Å². The fraction of sp³-hybridized carbons (Fsp3) is 0.417. The Morgan fingerprint density at radius 1 is 1.50 bits per heavy atom. The molecule has 0 saturated carbocycles. The lowest BCUT2D eigenvalue weighted by Gasteiger charge is -2.25. The van der Waals surface area contributed by atoms with Gasteiger partial charge in [-0.25, -0.2) is 0 Å². The van der Waals surface area contributed by atoms with E-state index in [1.807, 2.05) is 25.1 Å². The first-order valence-corrected chi connectivity index (χ1v) is 5.90. The molecule has 1 heterocycles. The molecule has 1 fully saturated rings. The molecule has 1 aliphatic rings. The number of methoxy groups -OCH3 is 1. The highest BCUT2D eigenvalue weighted by molar-refractivity contribution is 9.10. The predicted octanol–water partition coefficient (Wildman–Crippen LogP) is 3.01. The van der Waals surface area contributed by atoms with Crippen molar-refractivity contribution in [2.75, 3.05) is 7.11 Å². The van der Waals surface area contributed by atoms with Gasteiger partial charge in [0.25, 0.3) is 0 Å². The van der Waals surface area contributed by atoms with Crippen LogP contribution < -0.4 is 4.74 Å². The fourth-order valence-electron chi connectivity index (χ4n) is 1.98. The molecule has 0 amide bonds. The second-order valence-corrected chi connectivity index (χ2v) is 4.97. The Balaban J connectivity index is 2.46. The number of cyclic esters (lactones) is 1. The van der Waals surface area contributed by atoms with Crippen molar-refractivity contribution in [3.8, 4) is 5.75 Å². The van der Waals surface area contributed by atoms with Crippen LogP contribution in [0.1, 0.15) is 25.3 Å². The molecule has 4 heteroatoms. The van der Waals surface area contributed by atoms with E-state index in [1.54, 1.807) is 7.11 Å². The molecule has 16 heavy (non-hydrogen) atoms. The second kappa shape index (κ2) is 4.09. The van der Waals surface area contributed by atoms with Crippen molar-refractivity contribution >= 4 is 21.9 Å². The highest BCUT2D eigenvalue weighted by Gasteiger charge is 2.39. The minimum atomic E-state index is -0.563. The predicted molar refractivity (Wildman–Crippen MR) is 63.4 cm³/mol. The van der Waals surface area contributed by atoms with Gasteiger partial charge in [0.1, 0.15) is 11.4 Å². The Kier molecular flexibility index (Phi) is 2.93. The number of carbonyl (C=O) groups is 1. The molecule has 86 valence electrons. The molecule has 1 aliphatic heterocycles. The molecule has 0 aliphatic carbocycles. The van der Waals surface area contributed by atoms with Gasteiger partial charge in [-0.2, -0.15) is 0 Å². The Hall–Kier alpha value is -1.03. The molecular weight excluding hydrogens is 272 g/mol. The average Bonchev–Trinajstić information content (AvgIpc) is 2.60. The van der Waals surface area contributed by atoms with E-state index < -0.39 is 5.60 Å². The third-order valence-electron chi connectivity index (χ3n) is 2.88. The molecule has 1 atom stereocenters. The molecule has 0 aromatic heterocycles. The van der Waals surface area contributed by atoms with E-state index in [0.717, 1.165) is 15.8 Å². The zero-order valence-corrected chi connectivity index (χ0v) is 10.8. The average molecular weight is 285 g/mol. The molecule has 1 saturated heterocycles. The zero-order chi connectivity index (χ0) is 11.8. The van der Waals surface area contributed by atoms with E-state index in [4.69, 9.17) is 9.47 Å². The number of esters is 1. The molecule has 1 unspecified atom stereocenters. The number of rotatable bonds is 2. The largest absolute Gasteiger partial charge is 0.496 e. The SMILES string of the molecule is COc1ccc(Br)cc1C1(C)CCC(=O)O1. The summed E-state index contributed by atoms with van der Waals surface area (Å²) in [6.07, 6.45) is 1.16. The van der Waals surface area contributed by atoms with Crippen molar-refractivity contribution in [1.29, 1.82) is 0 Å². The lowest BCUT2D eigenvalue weighted by molar-refractivity contribution is -0.147. The molecule has 0 bridgehead atoms. The fourth-order valence-corrected chi connectivity index (χ4v) is 2.34. The standard InChI is InChI=1S/C12H13BrO3/c1-12(6-5-11(14)16-12)9-7-8(13)3-4-10(9)15-2/h3-4,7H,5-6H2,1-2H3. The van der Waals surface area contributed by atoms with Crippen LogP contribution >= 0.6 is 15.9 Å². The minimum absolute atomic E-state index is 0.149. The molecule has 1 aromatic rings. The maximum absolute atomic E-state index is 11.2. The van der Waals surface area contributed by atoms with Gasteiger partial charge in [0.15, 0.2) is 0 Å². The summed E-state index contributed by atoms with van der Waals surface area (Å²) >= 11 is 3.42. The number of benzene rings is 1. The quantitative estimate of drug-likeness (QED) is 0.784. The zero-order valence-electron chi connectivity index (χ0n) is 9.25. The van der Waals surface area contributed by atoms with Gasteiger partial charge in [-0.15, -0.1) is 0 Å². The van der Waals surface area contributed by atoms with Gasteiger partial charge in [-0.05, 0) is 25.1 Å². The maximum atomic E-state index is 11.2. The molecule has 0 radical (unpaired) electrons. The van der Waals surface area contributed by atoms with Gasteiger partial charge in [0.05, 0.1) is 7.11 Å². The number of hydrogen-bond acceptors (Lipinski definition) is 3. The molecule has 2 rings (SSSR count). The van der Waals surface area contributed by atoms with Crippen molar-refractivity contribution in [1.82, 2.24) is 0 Å². The van der Waals surface area contributed by atoms with E-state index in [1.165, 1.54) is 0 Å². The lowest BCUT2D eigenvalue weighted by Crippen LogP contribution is -2.21. The first-order valence-electron chi connectivity index (χ1n) is 5.11. The van der Waals surface area contributed by atoms with Crippen molar-refractivity contribution in [2.45, 2.75) is 25.4 Å². The van der Waals surface area contributed by atoms with Crippen LogP contribution in [-0.4, -0.2) is 13.1 Å². The van der Waals surface area contributed by atoms with Gasteiger partial charge in [0.2, 0.25) is 0 Å². The monoisotopic (exact) mass is 284 g/mol. The van der Waals surface area contributed by atoms with Crippen LogP contribution in [-0.2, 0) is 15.1 Å². The second-order valence-electron chi connectivity index (χ2n) is 4.05. The summed E-state index contributed by atoms with van der Waals surface area (Å²) in [5.41, 5.74) is 0.349. The van der Waals surface area contributed by atoms with Crippen LogP contribution in [0.4, 0.5) is 0 Å². The van der Waals surface area contributed by atoms with Crippen LogP contribution in [0.5, 0.6) is 5.75 Å². The lowest BCUT2D eigenvalue weighted by atomic mass is 9.92. The highest BCUT2D eigenvalue weighted by atomic mass is 79.9. The molecule has 0 spiro atoms. The van der Waals surface area contributed by atoms with Crippen molar-refractivity contribution in [3.05, 3.63) is 28.2 Å². The first-order chi connectivity index (χ1) is 7.55. The van der Waals surface area contributed by atoms with Crippen LogP contribution in [0.3, 0.4) is 0 Å². The van der Waals surface area contributed by atoms with Gasteiger partial charge in [-0.1, -0.05) is 15.9 Å². The summed E-state index contributed by atoms with van der Waals surface area (Å²) in [6, 6.07) is 5.72. The van der Waals surface area contributed by atoms with Crippen molar-refractivity contribution in [2.24, 2.45) is 0 Å². The maximum Gasteiger partial charge on any atom is 0.306 e. The number of halogens is 1. The Morgan fingerprint density at radius 2 is 2.25 bits per heavy atom. The van der Waals surface area contributed by atoms with Crippen molar-refractivity contribution in [3.63, 3.8) is 0 Å². The van der Waals surface area contributed by atoms with Gasteiger partial charge in [-0.3, -0.25) is 4.79 Å². The smallest absolute Gasteiger partial charge is 0.306 e. The molecule has 0 N–H and O–H groups in total. The summed E-state index contributed by atoms with van der Waals surface area (Å²) in [6.45, 7) is 1.92. The molecule has 3 nitrogen and oxygen atoms in total. The number of hydrogen-bond donors (Lipinski definition) is 0. The summed E-state index contributed by atoms with van der Waals surface area (Å²) < 4.78 is 11.6. The van der Waals surface area contributed by atoms with E-state index in [0.29, 0.717) is 12.8 Å². The number of carbonyl (C=O) groups excluding carboxylic acids is 1. The van der Waals surface area contributed by atoms with Crippen LogP contribution in [0, 0.1) is 0 Å². The summed E-state index contributed by atoms with van der Waals surface area (Å²) in [7, 11) is 1.62. The summed E-state index contributed by atoms with van der Waals surface area (Å²) in [4.78, 5) is 11.2. The topological polar surface area (TPSA) is 35.5 Å². The minimum Gasteiger partial charge on any atom is -0.496 e. The summed E-state index contributed by atoms with van der Waals surface area (Å²) in [5, 5.41) is 0. The highest BCUT2D eigenvalue weighted by Crippen LogP contribution is 2.41. The van der Waals surface area contributed by atoms with Gasteiger partial charge in [0, 0.05) is 22.9 Å². The van der Waals surface area contributed by atoms with E-state index in [2.05, 4.69) is 15.9 Å². The third-order valence-corrected chi connectivity index (χ3v) is 3.37. The Bertz CT molecular complexity index is 430. The first kappa shape index (κ1) is 11.5. The molecule has 1 aromatic carbocycles. The van der Waals surface area contributed by atoms with Crippen LogP contribution in [0.2, 0.25) is 0 Å². The van der Waals surface area contributed by atoms with E-state index in [9.17, 15) is 4.79 Å². The van der Waals surface area contributed by atoms with Crippen LogP contribution in [0.15, 0.2) is 22.7 Å². The van der Waals surface area contributed by atoms with Gasteiger partial charge >= 0.3 is 5.97 Å².